The number of nitrogens with zero attached hydrogens (tertiary/aromatic N) is 2. The topological polar surface area (TPSA) is 60.8 Å². The van der Waals surface area contributed by atoms with Crippen LogP contribution in [0.25, 0.3) is 0 Å². The summed E-state index contributed by atoms with van der Waals surface area (Å²) in [6, 6.07) is 8.22. The number of amides is 1. The van der Waals surface area contributed by atoms with Crippen LogP contribution < -0.4 is 15.0 Å². The summed E-state index contributed by atoms with van der Waals surface area (Å²) < 4.78 is 13.0. The minimum absolute atomic E-state index is 0.0258. The van der Waals surface area contributed by atoms with Crippen molar-refractivity contribution in [2.45, 2.75) is 25.9 Å². The van der Waals surface area contributed by atoms with E-state index in [9.17, 15) is 9.59 Å². The van der Waals surface area contributed by atoms with Crippen LogP contribution in [0.15, 0.2) is 35.1 Å². The van der Waals surface area contributed by atoms with Gasteiger partial charge >= 0.3 is 0 Å². The molecule has 6 nitrogen and oxygen atoms in total. The predicted octanol–water partition coefficient (Wildman–Crippen LogP) is 3.45. The number of halogens is 2. The quantitative estimate of drug-likeness (QED) is 0.737. The van der Waals surface area contributed by atoms with Gasteiger partial charge in [-0.1, -0.05) is 23.2 Å². The molecule has 1 fully saturated rings. The van der Waals surface area contributed by atoms with Gasteiger partial charge in [-0.05, 0) is 31.2 Å². The molecule has 0 saturated carbocycles. The molecule has 1 saturated heterocycles. The monoisotopic (exact) mass is 424 g/mol. The molecule has 0 unspecified atom stereocenters. The third kappa shape index (κ3) is 5.00. The number of hydrogen-bond donors (Lipinski definition) is 0. The number of carbonyl (C=O) groups is 1. The second-order valence-corrected chi connectivity index (χ2v) is 7.63. The molecule has 1 aromatic heterocycles. The number of carbonyl (C=O) groups excluding carboxylic acids is 1. The minimum atomic E-state index is -0.103. The smallest absolute Gasteiger partial charge is 0.260 e. The van der Waals surface area contributed by atoms with E-state index in [2.05, 4.69) is 0 Å². The molecule has 150 valence electrons. The second-order valence-electron chi connectivity index (χ2n) is 6.79. The lowest BCUT2D eigenvalue weighted by Crippen LogP contribution is -2.43. The SMILES string of the molecule is Cc1cc(OC2CCN(C(=O)COc3ccc(Cl)cc3Cl)CC2)cc(=O)n1C. The summed E-state index contributed by atoms with van der Waals surface area (Å²) in [5.74, 6) is 0.902. The van der Waals surface area contributed by atoms with E-state index in [-0.39, 0.29) is 24.2 Å². The number of hydrogen-bond acceptors (Lipinski definition) is 4. The van der Waals surface area contributed by atoms with E-state index in [0.717, 1.165) is 5.69 Å². The van der Waals surface area contributed by atoms with Crippen LogP contribution in [0.1, 0.15) is 18.5 Å². The normalized spacial score (nSPS) is 14.8. The Balaban J connectivity index is 1.49. The van der Waals surface area contributed by atoms with Gasteiger partial charge in [0.25, 0.3) is 11.5 Å². The lowest BCUT2D eigenvalue weighted by molar-refractivity contribution is -0.135. The zero-order valence-corrected chi connectivity index (χ0v) is 17.3. The van der Waals surface area contributed by atoms with E-state index < -0.39 is 0 Å². The van der Waals surface area contributed by atoms with E-state index >= 15 is 0 Å². The van der Waals surface area contributed by atoms with E-state index in [1.165, 1.54) is 6.07 Å². The van der Waals surface area contributed by atoms with Crippen molar-refractivity contribution < 1.29 is 14.3 Å². The molecule has 1 amide bonds. The van der Waals surface area contributed by atoms with E-state index in [4.69, 9.17) is 32.7 Å². The van der Waals surface area contributed by atoms with Crippen molar-refractivity contribution >= 4 is 29.1 Å². The van der Waals surface area contributed by atoms with Crippen LogP contribution in [0.3, 0.4) is 0 Å². The molecule has 2 aromatic rings. The Morgan fingerprint density at radius 1 is 1.18 bits per heavy atom. The van der Waals surface area contributed by atoms with E-state index in [0.29, 0.717) is 47.5 Å². The van der Waals surface area contributed by atoms with Gasteiger partial charge in [-0.15, -0.1) is 0 Å². The lowest BCUT2D eigenvalue weighted by Gasteiger charge is -2.32. The Kier molecular flexibility index (Phi) is 6.52. The van der Waals surface area contributed by atoms with Crippen LogP contribution in [0, 0.1) is 6.92 Å². The zero-order valence-electron chi connectivity index (χ0n) is 15.8. The molecular weight excluding hydrogens is 403 g/mol. The molecule has 0 aliphatic carbocycles. The van der Waals surface area contributed by atoms with Gasteiger partial charge in [0.05, 0.1) is 5.02 Å². The van der Waals surface area contributed by atoms with Crippen molar-refractivity contribution in [1.82, 2.24) is 9.47 Å². The molecule has 0 radical (unpaired) electrons. The molecule has 1 aromatic carbocycles. The number of likely N-dealkylation sites (tertiary alicyclic amines) is 1. The molecule has 1 aliphatic rings. The largest absolute Gasteiger partial charge is 0.490 e. The Morgan fingerprint density at radius 3 is 2.54 bits per heavy atom. The maximum absolute atomic E-state index is 12.4. The van der Waals surface area contributed by atoms with Crippen molar-refractivity contribution in [3.05, 3.63) is 56.4 Å². The fourth-order valence-electron chi connectivity index (χ4n) is 3.04. The van der Waals surface area contributed by atoms with Crippen LogP contribution in [0.2, 0.25) is 10.0 Å². The van der Waals surface area contributed by atoms with Crippen molar-refractivity contribution in [2.24, 2.45) is 7.05 Å². The Bertz CT molecular complexity index is 921. The number of rotatable bonds is 5. The van der Waals surface area contributed by atoms with Gasteiger partial charge < -0.3 is 18.9 Å². The van der Waals surface area contributed by atoms with Crippen LogP contribution in [-0.4, -0.2) is 41.2 Å². The first-order valence-electron chi connectivity index (χ1n) is 9.03. The lowest BCUT2D eigenvalue weighted by atomic mass is 10.1. The molecule has 2 heterocycles. The second kappa shape index (κ2) is 8.88. The Morgan fingerprint density at radius 2 is 1.89 bits per heavy atom. The van der Waals surface area contributed by atoms with Crippen LogP contribution in [0.4, 0.5) is 0 Å². The molecule has 8 heteroatoms. The van der Waals surface area contributed by atoms with Gasteiger partial charge in [0.15, 0.2) is 6.61 Å². The number of aryl methyl sites for hydroxylation is 1. The molecular formula is C20H22Cl2N2O4. The van der Waals surface area contributed by atoms with Crippen LogP contribution in [-0.2, 0) is 11.8 Å². The minimum Gasteiger partial charge on any atom is -0.490 e. The third-order valence-corrected chi connectivity index (χ3v) is 5.35. The first-order valence-corrected chi connectivity index (χ1v) is 9.79. The van der Waals surface area contributed by atoms with Crippen LogP contribution >= 0.6 is 23.2 Å². The highest BCUT2D eigenvalue weighted by Gasteiger charge is 2.24. The highest BCUT2D eigenvalue weighted by atomic mass is 35.5. The van der Waals surface area contributed by atoms with Gasteiger partial charge in [-0.25, -0.2) is 0 Å². The average Bonchev–Trinajstić information content (AvgIpc) is 2.65. The highest BCUT2D eigenvalue weighted by molar-refractivity contribution is 6.35. The summed E-state index contributed by atoms with van der Waals surface area (Å²) in [5.41, 5.74) is 0.744. The summed E-state index contributed by atoms with van der Waals surface area (Å²) in [7, 11) is 1.73. The first kappa shape index (κ1) is 20.6. The summed E-state index contributed by atoms with van der Waals surface area (Å²) in [6.45, 7) is 2.93. The fraction of sp³-hybridized carbons (Fsp3) is 0.400. The molecule has 0 bridgehead atoms. The third-order valence-electron chi connectivity index (χ3n) is 4.82. The summed E-state index contributed by atoms with van der Waals surface area (Å²) in [5, 5.41) is 0.883. The molecule has 0 N–H and O–H groups in total. The highest BCUT2D eigenvalue weighted by Crippen LogP contribution is 2.27. The molecule has 1 aliphatic heterocycles. The number of ether oxygens (including phenoxy) is 2. The maximum atomic E-state index is 12.4. The van der Waals surface area contributed by atoms with E-state index in [1.807, 2.05) is 13.0 Å². The number of piperidine rings is 1. The molecule has 28 heavy (non-hydrogen) atoms. The van der Waals surface area contributed by atoms with Crippen molar-refractivity contribution in [3.63, 3.8) is 0 Å². The molecule has 0 atom stereocenters. The molecule has 3 rings (SSSR count). The Hall–Kier alpha value is -2.18. The summed E-state index contributed by atoms with van der Waals surface area (Å²) in [4.78, 5) is 26.0. The predicted molar refractivity (Wildman–Crippen MR) is 109 cm³/mol. The number of pyridine rings is 1. The number of benzene rings is 1. The zero-order chi connectivity index (χ0) is 20.3. The van der Waals surface area contributed by atoms with Gasteiger partial charge in [-0.2, -0.15) is 0 Å². The van der Waals surface area contributed by atoms with Gasteiger partial charge in [-0.3, -0.25) is 9.59 Å². The van der Waals surface area contributed by atoms with Crippen molar-refractivity contribution in [3.8, 4) is 11.5 Å². The van der Waals surface area contributed by atoms with Gasteiger partial charge in [0.2, 0.25) is 0 Å². The summed E-state index contributed by atoms with van der Waals surface area (Å²) in [6.07, 6.45) is 1.37. The summed E-state index contributed by atoms with van der Waals surface area (Å²) >= 11 is 11.9. The van der Waals surface area contributed by atoms with E-state index in [1.54, 1.807) is 34.7 Å². The first-order chi connectivity index (χ1) is 13.3. The maximum Gasteiger partial charge on any atom is 0.260 e. The average molecular weight is 425 g/mol. The van der Waals surface area contributed by atoms with Crippen molar-refractivity contribution in [2.75, 3.05) is 19.7 Å². The fourth-order valence-corrected chi connectivity index (χ4v) is 3.51. The molecule has 0 spiro atoms. The van der Waals surface area contributed by atoms with Gasteiger partial charge in [0.1, 0.15) is 17.6 Å². The standard InChI is InChI=1S/C20H22Cl2N2O4/c1-13-9-16(11-19(25)23(13)2)28-15-5-7-24(8-6-15)20(26)12-27-18-4-3-14(21)10-17(18)22/h3-4,9-11,15H,5-8,12H2,1-2H3. The van der Waals surface area contributed by atoms with Crippen LogP contribution in [0.5, 0.6) is 11.5 Å². The number of aromatic nitrogens is 1. The van der Waals surface area contributed by atoms with Gasteiger partial charge in [0, 0.05) is 49.8 Å². The Labute approximate surface area is 173 Å². The van der Waals surface area contributed by atoms with Crippen molar-refractivity contribution in [1.29, 1.82) is 0 Å².